The molecule has 0 bridgehead atoms. The van der Waals surface area contributed by atoms with Crippen LogP contribution in [0.4, 0.5) is 15.8 Å². The maximum absolute atomic E-state index is 13.5. The van der Waals surface area contributed by atoms with Crippen molar-refractivity contribution in [2.24, 2.45) is 0 Å². The van der Waals surface area contributed by atoms with Gasteiger partial charge in [0.2, 0.25) is 10.9 Å². The molecular formula is C25H21FN6O3S. The molecule has 0 unspecified atom stereocenters. The number of nitrogens with one attached hydrogen (secondary N) is 2. The van der Waals surface area contributed by atoms with Crippen LogP contribution >= 0.6 is 11.3 Å². The van der Waals surface area contributed by atoms with E-state index < -0.39 is 11.8 Å². The highest BCUT2D eigenvalue weighted by Crippen LogP contribution is 2.38. The zero-order valence-electron chi connectivity index (χ0n) is 19.1. The number of nitrogens with zero attached hydrogens (tertiary/aromatic N) is 4. The first-order valence-electron chi connectivity index (χ1n) is 11.6. The van der Waals surface area contributed by atoms with Gasteiger partial charge in [-0.05, 0) is 48.2 Å². The van der Waals surface area contributed by atoms with E-state index in [0.29, 0.717) is 47.8 Å². The van der Waals surface area contributed by atoms with Gasteiger partial charge >= 0.3 is 11.8 Å². The van der Waals surface area contributed by atoms with Crippen molar-refractivity contribution in [1.29, 1.82) is 0 Å². The Kier molecular flexibility index (Phi) is 5.48. The molecule has 4 heterocycles. The van der Waals surface area contributed by atoms with E-state index >= 15 is 0 Å². The summed E-state index contributed by atoms with van der Waals surface area (Å²) in [5.41, 5.74) is 4.97. The molecule has 11 heteroatoms. The Balaban J connectivity index is 1.08. The van der Waals surface area contributed by atoms with Crippen molar-refractivity contribution in [3.8, 4) is 11.4 Å². The lowest BCUT2D eigenvalue weighted by Gasteiger charge is -2.25. The van der Waals surface area contributed by atoms with Crippen molar-refractivity contribution >= 4 is 45.4 Å². The van der Waals surface area contributed by atoms with Gasteiger partial charge in [-0.15, -0.1) is 16.4 Å². The highest BCUT2D eigenvalue weighted by molar-refractivity contribution is 7.15. The van der Waals surface area contributed by atoms with Crippen LogP contribution in [0.2, 0.25) is 0 Å². The van der Waals surface area contributed by atoms with E-state index in [0.717, 1.165) is 28.9 Å². The third kappa shape index (κ3) is 4.01. The van der Waals surface area contributed by atoms with Crippen molar-refractivity contribution in [1.82, 2.24) is 19.9 Å². The molecule has 2 aromatic heterocycles. The molecule has 0 radical (unpaired) electrons. The number of halogens is 1. The van der Waals surface area contributed by atoms with Crippen LogP contribution in [0.1, 0.15) is 23.2 Å². The summed E-state index contributed by atoms with van der Waals surface area (Å²) >= 11 is 1.40. The quantitative estimate of drug-likeness (QED) is 0.407. The van der Waals surface area contributed by atoms with Gasteiger partial charge in [0.1, 0.15) is 5.82 Å². The highest BCUT2D eigenvalue weighted by Gasteiger charge is 2.31. The Labute approximate surface area is 208 Å². The van der Waals surface area contributed by atoms with Crippen LogP contribution in [0.5, 0.6) is 0 Å². The molecule has 0 spiro atoms. The average Bonchev–Trinajstić information content (AvgIpc) is 3.57. The number of aryl methyl sites for hydroxylation is 1. The molecule has 0 aliphatic carbocycles. The molecule has 36 heavy (non-hydrogen) atoms. The Morgan fingerprint density at radius 1 is 1.08 bits per heavy atom. The lowest BCUT2D eigenvalue weighted by atomic mass is 9.98. The van der Waals surface area contributed by atoms with E-state index in [-0.39, 0.29) is 18.3 Å². The van der Waals surface area contributed by atoms with Crippen LogP contribution < -0.4 is 15.5 Å². The molecule has 9 nitrogen and oxygen atoms in total. The summed E-state index contributed by atoms with van der Waals surface area (Å²) in [7, 11) is 0. The minimum absolute atomic E-state index is 0.136. The maximum atomic E-state index is 13.5. The molecule has 2 aromatic carbocycles. The molecule has 0 saturated heterocycles. The highest BCUT2D eigenvalue weighted by atomic mass is 32.1. The minimum atomic E-state index is -0.742. The number of benzene rings is 2. The van der Waals surface area contributed by atoms with Crippen LogP contribution in [0.25, 0.3) is 16.3 Å². The summed E-state index contributed by atoms with van der Waals surface area (Å²) in [5, 5.41) is 11.7. The zero-order chi connectivity index (χ0) is 24.8. The van der Waals surface area contributed by atoms with Crippen molar-refractivity contribution in [3.63, 3.8) is 0 Å². The number of aromatic nitrogens is 3. The number of hydrogen-bond donors (Lipinski definition) is 2. The fourth-order valence-corrected chi connectivity index (χ4v) is 5.61. The first-order valence-corrected chi connectivity index (χ1v) is 12.5. The Morgan fingerprint density at radius 3 is 2.75 bits per heavy atom. The molecule has 182 valence electrons. The first kappa shape index (κ1) is 22.4. The average molecular weight is 505 g/mol. The largest absolute Gasteiger partial charge is 0.347 e. The second kappa shape index (κ2) is 8.83. The number of anilines is 2. The molecular weight excluding hydrogens is 483 g/mol. The number of hydrogen-bond acceptors (Lipinski definition) is 6. The standard InChI is InChI=1S/C25H21FN6O3S/c26-17-3-1-2-16(10-17)22-29-25-32(30-22)19(13-36-25)6-8-27-23(34)24(35)28-18-11-14-4-5-20(33)31-9-7-15(12-18)21(14)31/h1-3,10-13H,4-9H2,(H,27,34)(H,28,35). The Bertz CT molecular complexity index is 1540. The second-order valence-corrected chi connectivity index (χ2v) is 9.60. The molecule has 0 fully saturated rings. The Morgan fingerprint density at radius 2 is 1.92 bits per heavy atom. The number of amides is 3. The predicted molar refractivity (Wildman–Crippen MR) is 132 cm³/mol. The molecule has 2 N–H and O–H groups in total. The summed E-state index contributed by atoms with van der Waals surface area (Å²) in [4.78, 5) is 43.9. The zero-order valence-corrected chi connectivity index (χ0v) is 19.9. The lowest BCUT2D eigenvalue weighted by molar-refractivity contribution is -0.136. The topological polar surface area (TPSA) is 109 Å². The second-order valence-electron chi connectivity index (χ2n) is 8.77. The number of fused-ring (bicyclic) bond motifs is 1. The summed E-state index contributed by atoms with van der Waals surface area (Å²) in [6, 6.07) is 9.78. The van der Waals surface area contributed by atoms with Gasteiger partial charge in [-0.3, -0.25) is 14.4 Å². The smallest absolute Gasteiger partial charge is 0.313 e. The van der Waals surface area contributed by atoms with E-state index in [1.54, 1.807) is 16.6 Å². The van der Waals surface area contributed by atoms with Crippen molar-refractivity contribution in [2.45, 2.75) is 25.7 Å². The molecule has 4 aromatic rings. The van der Waals surface area contributed by atoms with Gasteiger partial charge in [-0.25, -0.2) is 8.91 Å². The maximum Gasteiger partial charge on any atom is 0.313 e. The summed E-state index contributed by atoms with van der Waals surface area (Å²) in [6.07, 6.45) is 2.27. The monoisotopic (exact) mass is 504 g/mol. The van der Waals surface area contributed by atoms with Crippen molar-refractivity contribution < 1.29 is 18.8 Å². The van der Waals surface area contributed by atoms with Gasteiger partial charge in [0.05, 0.1) is 11.4 Å². The minimum Gasteiger partial charge on any atom is -0.347 e. The van der Waals surface area contributed by atoms with Crippen molar-refractivity contribution in [3.05, 3.63) is 64.4 Å². The summed E-state index contributed by atoms with van der Waals surface area (Å²) in [5.74, 6) is -1.27. The van der Waals surface area contributed by atoms with Gasteiger partial charge in [0, 0.05) is 42.6 Å². The first-order chi connectivity index (χ1) is 17.5. The van der Waals surface area contributed by atoms with Crippen LogP contribution in [-0.2, 0) is 33.6 Å². The number of carbonyl (C=O) groups is 3. The van der Waals surface area contributed by atoms with E-state index in [1.807, 2.05) is 22.4 Å². The molecule has 3 amide bonds. The van der Waals surface area contributed by atoms with E-state index in [2.05, 4.69) is 20.7 Å². The fourth-order valence-electron chi connectivity index (χ4n) is 4.75. The fraction of sp³-hybridized carbons (Fsp3) is 0.240. The normalized spacial score (nSPS) is 14.2. The molecule has 6 rings (SSSR count). The SMILES string of the molecule is O=C(NCCc1csc2nc(-c3cccc(F)c3)nn12)C(=O)Nc1cc2c3c(c1)CCN3C(=O)CC2. The van der Waals surface area contributed by atoms with Crippen molar-refractivity contribution in [2.75, 3.05) is 23.3 Å². The van der Waals surface area contributed by atoms with Crippen LogP contribution in [0.15, 0.2) is 41.8 Å². The number of thiazole rings is 1. The third-order valence-electron chi connectivity index (χ3n) is 6.42. The molecule has 0 atom stereocenters. The van der Waals surface area contributed by atoms with Crippen LogP contribution in [0, 0.1) is 5.82 Å². The predicted octanol–water partition coefficient (Wildman–Crippen LogP) is 2.73. The van der Waals surface area contributed by atoms with Gasteiger partial charge in [-0.2, -0.15) is 4.98 Å². The molecule has 2 aliphatic heterocycles. The van der Waals surface area contributed by atoms with Gasteiger partial charge in [-0.1, -0.05) is 12.1 Å². The number of rotatable bonds is 5. The lowest BCUT2D eigenvalue weighted by Crippen LogP contribution is -2.36. The van der Waals surface area contributed by atoms with Crippen LogP contribution in [0.3, 0.4) is 0 Å². The molecule has 2 aliphatic rings. The van der Waals surface area contributed by atoms with Gasteiger partial charge in [0.15, 0.2) is 5.82 Å². The summed E-state index contributed by atoms with van der Waals surface area (Å²) < 4.78 is 15.2. The number of carbonyl (C=O) groups excluding carboxylic acids is 3. The summed E-state index contributed by atoms with van der Waals surface area (Å²) in [6.45, 7) is 0.893. The van der Waals surface area contributed by atoms with E-state index in [4.69, 9.17) is 0 Å². The van der Waals surface area contributed by atoms with E-state index in [1.165, 1.54) is 23.5 Å². The Hall–Kier alpha value is -4.12. The van der Waals surface area contributed by atoms with Crippen LogP contribution in [-0.4, -0.2) is 45.4 Å². The third-order valence-corrected chi connectivity index (χ3v) is 7.28. The molecule has 0 saturated carbocycles. The van der Waals surface area contributed by atoms with Gasteiger partial charge < -0.3 is 15.5 Å². The van der Waals surface area contributed by atoms with Gasteiger partial charge in [0.25, 0.3) is 0 Å². The van der Waals surface area contributed by atoms with E-state index in [9.17, 15) is 18.8 Å².